The number of hydrogen-bond acceptors (Lipinski definition) is 3. The second-order valence-corrected chi connectivity index (χ2v) is 7.31. The van der Waals surface area contributed by atoms with Gasteiger partial charge in [-0.25, -0.2) is 4.79 Å². The molecule has 6 heteroatoms. The first kappa shape index (κ1) is 19.6. The molecule has 0 aliphatic carbocycles. The summed E-state index contributed by atoms with van der Waals surface area (Å²) in [6, 6.07) is 18.5. The van der Waals surface area contributed by atoms with E-state index in [1.54, 1.807) is 19.1 Å². The minimum Gasteiger partial charge on any atom is -0.352 e. The topological polar surface area (TPSA) is 78.5 Å². The zero-order valence-electron chi connectivity index (χ0n) is 16.1. The summed E-state index contributed by atoms with van der Waals surface area (Å²) in [5.41, 5.74) is 0.737. The maximum atomic E-state index is 12.8. The Morgan fingerprint density at radius 3 is 2.32 bits per heavy atom. The highest BCUT2D eigenvalue weighted by Crippen LogP contribution is 2.28. The Balaban J connectivity index is 1.56. The second kappa shape index (κ2) is 8.25. The molecule has 2 atom stereocenters. The summed E-state index contributed by atoms with van der Waals surface area (Å²) in [6.07, 6.45) is 1.62. The van der Waals surface area contributed by atoms with Gasteiger partial charge in [-0.2, -0.15) is 0 Å². The molecule has 1 aliphatic rings. The Kier molecular flexibility index (Phi) is 5.78. The fourth-order valence-corrected chi connectivity index (χ4v) is 3.37. The summed E-state index contributed by atoms with van der Waals surface area (Å²) in [5.74, 6) is -0.767. The van der Waals surface area contributed by atoms with Gasteiger partial charge in [0.2, 0.25) is 5.91 Å². The highest BCUT2D eigenvalue weighted by atomic mass is 16.2. The number of benzene rings is 2. The Morgan fingerprint density at radius 1 is 1.07 bits per heavy atom. The normalized spacial score (nSPS) is 20.0. The van der Waals surface area contributed by atoms with Crippen molar-refractivity contribution in [1.29, 1.82) is 0 Å². The van der Waals surface area contributed by atoms with Gasteiger partial charge >= 0.3 is 6.03 Å². The predicted octanol–water partition coefficient (Wildman–Crippen LogP) is 2.59. The number of aryl methyl sites for hydroxylation is 1. The lowest BCUT2D eigenvalue weighted by Gasteiger charge is -2.22. The first-order valence-corrected chi connectivity index (χ1v) is 9.43. The number of carbonyl (C=O) groups excluding carboxylic acids is 3. The molecule has 6 nitrogen and oxygen atoms in total. The summed E-state index contributed by atoms with van der Waals surface area (Å²) in [6.45, 7) is 3.28. The summed E-state index contributed by atoms with van der Waals surface area (Å²) in [5, 5.41) is 5.58. The van der Waals surface area contributed by atoms with Crippen molar-refractivity contribution in [2.75, 3.05) is 6.54 Å². The van der Waals surface area contributed by atoms with Crippen molar-refractivity contribution in [3.63, 3.8) is 0 Å². The monoisotopic (exact) mass is 379 g/mol. The molecular formula is C22H25N3O3. The average Bonchev–Trinajstić information content (AvgIpc) is 2.92. The molecule has 4 amide bonds. The van der Waals surface area contributed by atoms with Crippen LogP contribution in [0.5, 0.6) is 0 Å². The van der Waals surface area contributed by atoms with E-state index in [2.05, 4.69) is 10.6 Å². The molecule has 2 N–H and O–H groups in total. The molecule has 2 aromatic rings. The van der Waals surface area contributed by atoms with E-state index < -0.39 is 17.5 Å². The SMILES string of the molecule is C[C@@H](CCc1ccccc1)NC(=O)CN1C(=O)N[C@](C)(c2ccccc2)C1=O. The summed E-state index contributed by atoms with van der Waals surface area (Å²) in [4.78, 5) is 38.5. The second-order valence-electron chi connectivity index (χ2n) is 7.31. The van der Waals surface area contributed by atoms with Crippen molar-refractivity contribution in [2.45, 2.75) is 38.3 Å². The van der Waals surface area contributed by atoms with Gasteiger partial charge in [0.15, 0.2) is 0 Å². The van der Waals surface area contributed by atoms with Crippen molar-refractivity contribution >= 4 is 17.8 Å². The first-order chi connectivity index (χ1) is 13.4. The molecule has 1 aliphatic heterocycles. The van der Waals surface area contributed by atoms with Crippen molar-refractivity contribution < 1.29 is 14.4 Å². The van der Waals surface area contributed by atoms with Gasteiger partial charge in [-0.3, -0.25) is 14.5 Å². The Bertz CT molecular complexity index is 854. The van der Waals surface area contributed by atoms with Gasteiger partial charge in [-0.05, 0) is 37.8 Å². The van der Waals surface area contributed by atoms with Gasteiger partial charge in [0, 0.05) is 6.04 Å². The average molecular weight is 379 g/mol. The van der Waals surface area contributed by atoms with Crippen LogP contribution in [0.15, 0.2) is 60.7 Å². The maximum Gasteiger partial charge on any atom is 0.325 e. The maximum absolute atomic E-state index is 12.8. The molecule has 0 radical (unpaired) electrons. The minimum absolute atomic E-state index is 0.0611. The third-order valence-electron chi connectivity index (χ3n) is 5.04. The molecule has 1 saturated heterocycles. The fourth-order valence-electron chi connectivity index (χ4n) is 3.37. The molecule has 0 aromatic heterocycles. The lowest BCUT2D eigenvalue weighted by molar-refractivity contribution is -0.135. The first-order valence-electron chi connectivity index (χ1n) is 9.43. The van der Waals surface area contributed by atoms with Gasteiger partial charge < -0.3 is 10.6 Å². The highest BCUT2D eigenvalue weighted by molar-refractivity contribution is 6.09. The number of rotatable bonds is 7. The molecule has 1 heterocycles. The number of urea groups is 1. The lowest BCUT2D eigenvalue weighted by Crippen LogP contribution is -2.45. The predicted molar refractivity (Wildman–Crippen MR) is 106 cm³/mol. The van der Waals surface area contributed by atoms with Crippen molar-refractivity contribution in [3.05, 3.63) is 71.8 Å². The fraction of sp³-hybridized carbons (Fsp3) is 0.318. The smallest absolute Gasteiger partial charge is 0.325 e. The van der Waals surface area contributed by atoms with Crippen LogP contribution in [0, 0.1) is 0 Å². The van der Waals surface area contributed by atoms with E-state index in [9.17, 15) is 14.4 Å². The number of carbonyl (C=O) groups is 3. The molecule has 28 heavy (non-hydrogen) atoms. The molecule has 0 unspecified atom stereocenters. The minimum atomic E-state index is -1.16. The lowest BCUT2D eigenvalue weighted by atomic mass is 9.92. The summed E-state index contributed by atoms with van der Waals surface area (Å²) in [7, 11) is 0. The Labute approximate surface area is 164 Å². The van der Waals surface area contributed by atoms with Gasteiger partial charge in [-0.15, -0.1) is 0 Å². The molecule has 1 fully saturated rings. The van der Waals surface area contributed by atoms with E-state index >= 15 is 0 Å². The zero-order chi connectivity index (χ0) is 20.1. The van der Waals surface area contributed by atoms with E-state index in [0.717, 1.165) is 17.7 Å². The molecule has 0 spiro atoms. The molecular weight excluding hydrogens is 354 g/mol. The van der Waals surface area contributed by atoms with E-state index in [1.165, 1.54) is 5.56 Å². The van der Waals surface area contributed by atoms with Crippen molar-refractivity contribution in [3.8, 4) is 0 Å². The third kappa shape index (κ3) is 4.22. The highest BCUT2D eigenvalue weighted by Gasteiger charge is 2.49. The van der Waals surface area contributed by atoms with E-state index in [0.29, 0.717) is 5.56 Å². The van der Waals surface area contributed by atoms with Crippen LogP contribution < -0.4 is 10.6 Å². The summed E-state index contributed by atoms with van der Waals surface area (Å²) >= 11 is 0. The van der Waals surface area contributed by atoms with Crippen LogP contribution in [0.1, 0.15) is 31.4 Å². The van der Waals surface area contributed by atoms with Gasteiger partial charge in [0.25, 0.3) is 5.91 Å². The van der Waals surface area contributed by atoms with Crippen LogP contribution in [0.25, 0.3) is 0 Å². The van der Waals surface area contributed by atoms with E-state index in [4.69, 9.17) is 0 Å². The van der Waals surface area contributed by atoms with Gasteiger partial charge in [0.1, 0.15) is 12.1 Å². The standard InChI is InChI=1S/C22H25N3O3/c1-16(13-14-17-9-5-3-6-10-17)23-19(26)15-25-20(27)22(2,24-21(25)28)18-11-7-4-8-12-18/h3-12,16H,13-15H2,1-2H3,(H,23,26)(H,24,28)/t16-,22+/m0/s1. The number of hydrogen-bond donors (Lipinski definition) is 2. The van der Waals surface area contributed by atoms with Gasteiger partial charge in [0.05, 0.1) is 0 Å². The van der Waals surface area contributed by atoms with Crippen LogP contribution in [-0.2, 0) is 21.5 Å². The molecule has 0 saturated carbocycles. The molecule has 146 valence electrons. The summed E-state index contributed by atoms with van der Waals surface area (Å²) < 4.78 is 0. The van der Waals surface area contributed by atoms with Gasteiger partial charge in [-0.1, -0.05) is 60.7 Å². The van der Waals surface area contributed by atoms with E-state index in [1.807, 2.05) is 55.5 Å². The van der Waals surface area contributed by atoms with Crippen LogP contribution >= 0.6 is 0 Å². The number of nitrogens with zero attached hydrogens (tertiary/aromatic N) is 1. The zero-order valence-corrected chi connectivity index (χ0v) is 16.1. The largest absolute Gasteiger partial charge is 0.352 e. The quantitative estimate of drug-likeness (QED) is 0.726. The van der Waals surface area contributed by atoms with Crippen LogP contribution in [0.4, 0.5) is 4.79 Å². The molecule has 3 rings (SSSR count). The van der Waals surface area contributed by atoms with Crippen LogP contribution in [-0.4, -0.2) is 35.3 Å². The number of nitrogens with one attached hydrogen (secondary N) is 2. The number of amides is 4. The Morgan fingerprint density at radius 2 is 1.68 bits per heavy atom. The van der Waals surface area contributed by atoms with Crippen LogP contribution in [0.2, 0.25) is 0 Å². The van der Waals surface area contributed by atoms with Crippen molar-refractivity contribution in [2.24, 2.45) is 0 Å². The van der Waals surface area contributed by atoms with E-state index in [-0.39, 0.29) is 18.5 Å². The molecule has 2 aromatic carbocycles. The third-order valence-corrected chi connectivity index (χ3v) is 5.04. The number of imide groups is 1. The van der Waals surface area contributed by atoms with Crippen molar-refractivity contribution in [1.82, 2.24) is 15.5 Å². The van der Waals surface area contributed by atoms with Crippen LogP contribution in [0.3, 0.4) is 0 Å². The Hall–Kier alpha value is -3.15. The molecule has 0 bridgehead atoms.